The molecular weight excluding hydrogens is 202 g/mol. The van der Waals surface area contributed by atoms with E-state index in [1.165, 1.54) is 0 Å². The summed E-state index contributed by atoms with van der Waals surface area (Å²) in [5, 5.41) is 9.93. The summed E-state index contributed by atoms with van der Waals surface area (Å²) in [5.74, 6) is 0.438. The smallest absolute Gasteiger partial charge is 0.157 e. The van der Waals surface area contributed by atoms with Crippen LogP contribution >= 0.6 is 0 Å². The molecule has 0 aliphatic heterocycles. The van der Waals surface area contributed by atoms with Crippen molar-refractivity contribution in [1.29, 1.82) is 0 Å². The van der Waals surface area contributed by atoms with Crippen LogP contribution in [0.3, 0.4) is 0 Å². The van der Waals surface area contributed by atoms with Crippen LogP contribution in [0.25, 0.3) is 0 Å². The second kappa shape index (κ2) is 4.81. The zero-order valence-corrected chi connectivity index (χ0v) is 9.04. The van der Waals surface area contributed by atoms with Crippen LogP contribution in [-0.4, -0.2) is 20.1 Å². The maximum absolute atomic E-state index is 9.93. The Morgan fingerprint density at radius 2 is 1.81 bits per heavy atom. The van der Waals surface area contributed by atoms with Gasteiger partial charge < -0.3 is 5.11 Å². The monoisotopic (exact) mass is 215 g/mol. The fourth-order valence-electron chi connectivity index (χ4n) is 1.49. The molecule has 4 nitrogen and oxygen atoms in total. The van der Waals surface area contributed by atoms with E-state index in [-0.39, 0.29) is 0 Å². The predicted molar refractivity (Wildman–Crippen MR) is 59.7 cm³/mol. The first kappa shape index (κ1) is 10.7. The van der Waals surface area contributed by atoms with Gasteiger partial charge in [0.05, 0.1) is 0 Å². The van der Waals surface area contributed by atoms with Crippen LogP contribution in [0.2, 0.25) is 0 Å². The molecule has 2 rings (SSSR count). The van der Waals surface area contributed by atoms with Gasteiger partial charge in [-0.25, -0.2) is 9.97 Å². The summed E-state index contributed by atoms with van der Waals surface area (Å²) in [6, 6.07) is 5.58. The number of hydrogen-bond acceptors (Lipinski definition) is 4. The van der Waals surface area contributed by atoms with Gasteiger partial charge in [0.2, 0.25) is 0 Å². The first-order valence-electron chi connectivity index (χ1n) is 5.13. The standard InChI is InChI=1S/C12H13N3O/c1-9-4-2-5-13-10(9)8-11(16)12-14-6-3-7-15-12/h2-7,11,16H,8H2,1H3. The predicted octanol–water partition coefficient (Wildman–Crippen LogP) is 1.46. The first-order valence-corrected chi connectivity index (χ1v) is 5.13. The summed E-state index contributed by atoms with van der Waals surface area (Å²) in [6.45, 7) is 1.97. The summed E-state index contributed by atoms with van der Waals surface area (Å²) >= 11 is 0. The molecule has 0 spiro atoms. The Kier molecular flexibility index (Phi) is 3.22. The molecule has 0 radical (unpaired) electrons. The van der Waals surface area contributed by atoms with E-state index in [1.54, 1.807) is 24.7 Å². The van der Waals surface area contributed by atoms with Crippen LogP contribution in [0.5, 0.6) is 0 Å². The first-order chi connectivity index (χ1) is 7.77. The van der Waals surface area contributed by atoms with Gasteiger partial charge in [-0.15, -0.1) is 0 Å². The average molecular weight is 215 g/mol. The minimum Gasteiger partial charge on any atom is -0.385 e. The van der Waals surface area contributed by atoms with E-state index >= 15 is 0 Å². The van der Waals surface area contributed by atoms with Gasteiger partial charge in [-0.1, -0.05) is 6.07 Å². The fourth-order valence-corrected chi connectivity index (χ4v) is 1.49. The Hall–Kier alpha value is -1.81. The molecule has 0 aromatic carbocycles. The van der Waals surface area contributed by atoms with E-state index in [1.807, 2.05) is 19.1 Å². The maximum atomic E-state index is 9.93. The van der Waals surface area contributed by atoms with E-state index in [0.29, 0.717) is 12.2 Å². The van der Waals surface area contributed by atoms with Crippen molar-refractivity contribution < 1.29 is 5.11 Å². The molecule has 0 saturated heterocycles. The highest BCUT2D eigenvalue weighted by molar-refractivity contribution is 5.19. The van der Waals surface area contributed by atoms with Gasteiger partial charge in [-0.2, -0.15) is 0 Å². The second-order valence-electron chi connectivity index (χ2n) is 3.59. The normalized spacial score (nSPS) is 12.4. The number of aromatic nitrogens is 3. The number of rotatable bonds is 3. The molecule has 16 heavy (non-hydrogen) atoms. The number of hydrogen-bond donors (Lipinski definition) is 1. The summed E-state index contributed by atoms with van der Waals surface area (Å²) in [5.41, 5.74) is 1.94. The van der Waals surface area contributed by atoms with Crippen molar-refractivity contribution in [3.8, 4) is 0 Å². The van der Waals surface area contributed by atoms with Crippen LogP contribution < -0.4 is 0 Å². The molecule has 0 aliphatic carbocycles. The molecule has 2 aromatic rings. The average Bonchev–Trinajstić information content (AvgIpc) is 2.33. The van der Waals surface area contributed by atoms with Crippen LogP contribution in [0.1, 0.15) is 23.2 Å². The van der Waals surface area contributed by atoms with E-state index < -0.39 is 6.10 Å². The third kappa shape index (κ3) is 2.41. The van der Waals surface area contributed by atoms with Gasteiger partial charge >= 0.3 is 0 Å². The molecule has 0 saturated carbocycles. The lowest BCUT2D eigenvalue weighted by Crippen LogP contribution is -2.08. The third-order valence-electron chi connectivity index (χ3n) is 2.39. The van der Waals surface area contributed by atoms with Crippen molar-refractivity contribution in [3.63, 3.8) is 0 Å². The zero-order valence-electron chi connectivity index (χ0n) is 9.04. The Bertz CT molecular complexity index is 459. The van der Waals surface area contributed by atoms with E-state index in [4.69, 9.17) is 0 Å². The highest BCUT2D eigenvalue weighted by Gasteiger charge is 2.12. The van der Waals surface area contributed by atoms with Crippen molar-refractivity contribution in [2.24, 2.45) is 0 Å². The quantitative estimate of drug-likeness (QED) is 0.842. The number of nitrogens with zero attached hydrogens (tertiary/aromatic N) is 3. The lowest BCUT2D eigenvalue weighted by molar-refractivity contribution is 0.167. The highest BCUT2D eigenvalue weighted by Crippen LogP contribution is 2.14. The summed E-state index contributed by atoms with van der Waals surface area (Å²) in [6.07, 6.45) is 4.71. The highest BCUT2D eigenvalue weighted by atomic mass is 16.3. The lowest BCUT2D eigenvalue weighted by Gasteiger charge is -2.09. The molecule has 0 bridgehead atoms. The Morgan fingerprint density at radius 3 is 2.50 bits per heavy atom. The van der Waals surface area contributed by atoms with Crippen molar-refractivity contribution in [2.75, 3.05) is 0 Å². The van der Waals surface area contributed by atoms with Crippen LogP contribution in [-0.2, 0) is 6.42 Å². The van der Waals surface area contributed by atoms with Crippen LogP contribution in [0, 0.1) is 6.92 Å². The molecule has 2 aromatic heterocycles. The SMILES string of the molecule is Cc1cccnc1CC(O)c1ncccn1. The minimum absolute atomic E-state index is 0.438. The molecular formula is C12H13N3O. The van der Waals surface area contributed by atoms with Crippen LogP contribution in [0.15, 0.2) is 36.8 Å². The van der Waals surface area contributed by atoms with E-state index in [9.17, 15) is 5.11 Å². The fraction of sp³-hybridized carbons (Fsp3) is 0.250. The Balaban J connectivity index is 2.14. The van der Waals surface area contributed by atoms with Gasteiger partial charge in [0.15, 0.2) is 5.82 Å². The molecule has 0 amide bonds. The minimum atomic E-state index is -0.699. The van der Waals surface area contributed by atoms with Crippen LogP contribution in [0.4, 0.5) is 0 Å². The maximum Gasteiger partial charge on any atom is 0.157 e. The summed E-state index contributed by atoms with van der Waals surface area (Å²) in [4.78, 5) is 12.3. The van der Waals surface area contributed by atoms with Gasteiger partial charge in [0.25, 0.3) is 0 Å². The van der Waals surface area contributed by atoms with Crippen molar-refractivity contribution in [1.82, 2.24) is 15.0 Å². The zero-order chi connectivity index (χ0) is 11.4. The molecule has 1 unspecified atom stereocenters. The Labute approximate surface area is 94.0 Å². The largest absolute Gasteiger partial charge is 0.385 e. The Morgan fingerprint density at radius 1 is 1.12 bits per heavy atom. The molecule has 4 heteroatoms. The van der Waals surface area contributed by atoms with Crippen molar-refractivity contribution in [2.45, 2.75) is 19.4 Å². The topological polar surface area (TPSA) is 58.9 Å². The summed E-state index contributed by atoms with van der Waals surface area (Å²) < 4.78 is 0. The molecule has 2 heterocycles. The molecule has 0 aliphatic rings. The van der Waals surface area contributed by atoms with Gasteiger partial charge in [0.1, 0.15) is 6.10 Å². The van der Waals surface area contributed by atoms with Gasteiger partial charge in [0, 0.05) is 30.7 Å². The van der Waals surface area contributed by atoms with E-state index in [2.05, 4.69) is 15.0 Å². The number of aryl methyl sites for hydroxylation is 1. The number of pyridine rings is 1. The molecule has 0 fully saturated rings. The molecule has 1 N–H and O–H groups in total. The van der Waals surface area contributed by atoms with E-state index in [0.717, 1.165) is 11.3 Å². The second-order valence-corrected chi connectivity index (χ2v) is 3.59. The lowest BCUT2D eigenvalue weighted by atomic mass is 10.1. The third-order valence-corrected chi connectivity index (χ3v) is 2.39. The number of aliphatic hydroxyl groups is 1. The van der Waals surface area contributed by atoms with Gasteiger partial charge in [-0.3, -0.25) is 4.98 Å². The van der Waals surface area contributed by atoms with Gasteiger partial charge in [-0.05, 0) is 24.6 Å². The van der Waals surface area contributed by atoms with Crippen molar-refractivity contribution in [3.05, 3.63) is 53.9 Å². The number of aliphatic hydroxyl groups excluding tert-OH is 1. The summed E-state index contributed by atoms with van der Waals surface area (Å²) in [7, 11) is 0. The molecule has 82 valence electrons. The van der Waals surface area contributed by atoms with Crippen molar-refractivity contribution >= 4 is 0 Å². The molecule has 1 atom stereocenters.